The van der Waals surface area contributed by atoms with E-state index in [1.165, 1.54) is 19.4 Å². The summed E-state index contributed by atoms with van der Waals surface area (Å²) in [5.41, 5.74) is 0. The number of aromatic nitrogens is 1. The third-order valence-corrected chi connectivity index (χ3v) is 3.81. The number of anilines is 1. The molecule has 0 radical (unpaired) electrons. The maximum atomic E-state index is 6.11. The standard InChI is InChI=1S/C12H17BrClN3/c1-17-4-2-3-9(8-17)6-15-12-11(14)5-10(13)7-16-12/h5,7,9H,2-4,6,8H2,1H3,(H,15,16). The zero-order valence-electron chi connectivity index (χ0n) is 9.92. The fourth-order valence-electron chi connectivity index (χ4n) is 2.23. The lowest BCUT2D eigenvalue weighted by atomic mass is 9.98. The Hall–Kier alpha value is -0.320. The average molecular weight is 319 g/mol. The number of nitrogens with zero attached hydrogens (tertiary/aromatic N) is 2. The Morgan fingerprint density at radius 1 is 1.65 bits per heavy atom. The second-order valence-corrected chi connectivity index (χ2v) is 5.96. The molecule has 94 valence electrons. The Balaban J connectivity index is 1.88. The molecule has 1 aromatic rings. The van der Waals surface area contributed by atoms with Crippen LogP contribution in [-0.2, 0) is 0 Å². The average Bonchev–Trinajstić information content (AvgIpc) is 2.28. The van der Waals surface area contributed by atoms with E-state index in [9.17, 15) is 0 Å². The molecular weight excluding hydrogens is 302 g/mol. The molecule has 1 N–H and O–H groups in total. The summed E-state index contributed by atoms with van der Waals surface area (Å²) in [7, 11) is 2.18. The molecule has 5 heteroatoms. The first kappa shape index (κ1) is 13.1. The minimum absolute atomic E-state index is 0.670. The summed E-state index contributed by atoms with van der Waals surface area (Å²) < 4.78 is 0.908. The van der Waals surface area contributed by atoms with Crippen molar-refractivity contribution >= 4 is 33.3 Å². The third-order valence-electron chi connectivity index (χ3n) is 3.09. The fraction of sp³-hybridized carbons (Fsp3) is 0.583. The molecule has 0 spiro atoms. The lowest BCUT2D eigenvalue weighted by Crippen LogP contribution is -2.35. The monoisotopic (exact) mass is 317 g/mol. The van der Waals surface area contributed by atoms with Crippen molar-refractivity contribution in [1.82, 2.24) is 9.88 Å². The predicted molar refractivity (Wildman–Crippen MR) is 75.7 cm³/mol. The van der Waals surface area contributed by atoms with Gasteiger partial charge in [-0.25, -0.2) is 4.98 Å². The van der Waals surface area contributed by atoms with Gasteiger partial charge >= 0.3 is 0 Å². The highest BCUT2D eigenvalue weighted by Crippen LogP contribution is 2.24. The predicted octanol–water partition coefficient (Wildman–Crippen LogP) is 3.25. The molecule has 17 heavy (non-hydrogen) atoms. The molecule has 1 aliphatic heterocycles. The van der Waals surface area contributed by atoms with Crippen LogP contribution in [0.5, 0.6) is 0 Å². The molecule has 0 saturated carbocycles. The fourth-order valence-corrected chi connectivity index (χ4v) is 2.92. The Kier molecular flexibility index (Phi) is 4.65. The highest BCUT2D eigenvalue weighted by molar-refractivity contribution is 9.10. The zero-order valence-corrected chi connectivity index (χ0v) is 12.3. The van der Waals surface area contributed by atoms with Crippen LogP contribution in [0, 0.1) is 5.92 Å². The topological polar surface area (TPSA) is 28.2 Å². The summed E-state index contributed by atoms with van der Waals surface area (Å²) >= 11 is 9.46. The number of likely N-dealkylation sites (tertiary alicyclic amines) is 1. The molecule has 1 fully saturated rings. The van der Waals surface area contributed by atoms with E-state index in [0.717, 1.165) is 23.4 Å². The Labute approximate surface area is 116 Å². The quantitative estimate of drug-likeness (QED) is 0.927. The summed E-state index contributed by atoms with van der Waals surface area (Å²) in [6, 6.07) is 1.86. The van der Waals surface area contributed by atoms with E-state index in [-0.39, 0.29) is 0 Å². The molecule has 1 saturated heterocycles. The van der Waals surface area contributed by atoms with E-state index >= 15 is 0 Å². The number of hydrogen-bond donors (Lipinski definition) is 1. The van der Waals surface area contributed by atoms with E-state index in [1.807, 2.05) is 6.07 Å². The summed E-state index contributed by atoms with van der Waals surface area (Å²) in [5, 5.41) is 4.01. The molecule has 0 bridgehead atoms. The van der Waals surface area contributed by atoms with Crippen LogP contribution in [0.4, 0.5) is 5.82 Å². The molecule has 0 amide bonds. The van der Waals surface area contributed by atoms with Crippen LogP contribution in [0.2, 0.25) is 5.02 Å². The van der Waals surface area contributed by atoms with Gasteiger partial charge in [-0.15, -0.1) is 0 Å². The van der Waals surface area contributed by atoms with Gasteiger partial charge in [0.2, 0.25) is 0 Å². The number of pyridine rings is 1. The second-order valence-electron chi connectivity index (χ2n) is 4.64. The molecule has 3 nitrogen and oxygen atoms in total. The highest BCUT2D eigenvalue weighted by atomic mass is 79.9. The highest BCUT2D eigenvalue weighted by Gasteiger charge is 2.17. The first-order valence-electron chi connectivity index (χ1n) is 5.88. The van der Waals surface area contributed by atoms with Gasteiger partial charge in [0.05, 0.1) is 5.02 Å². The van der Waals surface area contributed by atoms with Crippen LogP contribution >= 0.6 is 27.5 Å². The Morgan fingerprint density at radius 2 is 2.47 bits per heavy atom. The van der Waals surface area contributed by atoms with Gasteiger partial charge in [-0.2, -0.15) is 0 Å². The van der Waals surface area contributed by atoms with Crippen LogP contribution in [-0.4, -0.2) is 36.6 Å². The minimum Gasteiger partial charge on any atom is -0.369 e. The maximum absolute atomic E-state index is 6.11. The van der Waals surface area contributed by atoms with Crippen molar-refractivity contribution < 1.29 is 0 Å². The van der Waals surface area contributed by atoms with Gasteiger partial charge in [-0.05, 0) is 54.3 Å². The zero-order chi connectivity index (χ0) is 12.3. The van der Waals surface area contributed by atoms with Crippen molar-refractivity contribution in [2.45, 2.75) is 12.8 Å². The second kappa shape index (κ2) is 6.03. The largest absolute Gasteiger partial charge is 0.369 e. The third kappa shape index (κ3) is 3.83. The van der Waals surface area contributed by atoms with Crippen molar-refractivity contribution in [3.05, 3.63) is 21.8 Å². The van der Waals surface area contributed by atoms with Crippen molar-refractivity contribution in [1.29, 1.82) is 0 Å². The van der Waals surface area contributed by atoms with Crippen molar-refractivity contribution in [2.75, 3.05) is 32.0 Å². The molecule has 0 aromatic carbocycles. The van der Waals surface area contributed by atoms with Gasteiger partial charge in [-0.3, -0.25) is 0 Å². The summed E-state index contributed by atoms with van der Waals surface area (Å²) in [4.78, 5) is 6.66. The Morgan fingerprint density at radius 3 is 3.18 bits per heavy atom. The molecule has 2 rings (SSSR count). The summed E-state index contributed by atoms with van der Waals surface area (Å²) in [6.07, 6.45) is 4.33. The number of nitrogens with one attached hydrogen (secondary N) is 1. The molecule has 1 aliphatic rings. The summed E-state index contributed by atoms with van der Waals surface area (Å²) in [5.74, 6) is 1.47. The number of piperidine rings is 1. The van der Waals surface area contributed by atoms with E-state index in [1.54, 1.807) is 6.20 Å². The normalized spacial score (nSPS) is 21.5. The van der Waals surface area contributed by atoms with E-state index in [0.29, 0.717) is 10.9 Å². The van der Waals surface area contributed by atoms with Gasteiger partial charge < -0.3 is 10.2 Å². The van der Waals surface area contributed by atoms with Crippen LogP contribution in [0.3, 0.4) is 0 Å². The smallest absolute Gasteiger partial charge is 0.144 e. The van der Waals surface area contributed by atoms with Gasteiger partial charge in [-0.1, -0.05) is 11.6 Å². The molecule has 1 atom stereocenters. The minimum atomic E-state index is 0.670. The number of halogens is 2. The first-order valence-corrected chi connectivity index (χ1v) is 7.05. The van der Waals surface area contributed by atoms with Gasteiger partial charge in [0, 0.05) is 23.8 Å². The van der Waals surface area contributed by atoms with Gasteiger partial charge in [0.25, 0.3) is 0 Å². The van der Waals surface area contributed by atoms with Gasteiger partial charge in [0.15, 0.2) is 0 Å². The Bertz CT molecular complexity index is 386. The van der Waals surface area contributed by atoms with Crippen molar-refractivity contribution in [3.8, 4) is 0 Å². The van der Waals surface area contributed by atoms with Gasteiger partial charge in [0.1, 0.15) is 5.82 Å². The lowest BCUT2D eigenvalue weighted by Gasteiger charge is -2.29. The molecule has 2 heterocycles. The van der Waals surface area contributed by atoms with Crippen molar-refractivity contribution in [2.24, 2.45) is 5.92 Å². The van der Waals surface area contributed by atoms with Crippen LogP contribution in [0.25, 0.3) is 0 Å². The van der Waals surface area contributed by atoms with Crippen LogP contribution < -0.4 is 5.32 Å². The van der Waals surface area contributed by atoms with E-state index < -0.39 is 0 Å². The van der Waals surface area contributed by atoms with E-state index in [4.69, 9.17) is 11.6 Å². The number of hydrogen-bond acceptors (Lipinski definition) is 3. The molecule has 0 aliphatic carbocycles. The molecular formula is C12H17BrClN3. The molecule has 1 unspecified atom stereocenters. The SMILES string of the molecule is CN1CCCC(CNc2ncc(Br)cc2Cl)C1. The maximum Gasteiger partial charge on any atom is 0.144 e. The van der Waals surface area contributed by atoms with Crippen molar-refractivity contribution in [3.63, 3.8) is 0 Å². The summed E-state index contributed by atoms with van der Waals surface area (Å²) in [6.45, 7) is 3.31. The lowest BCUT2D eigenvalue weighted by molar-refractivity contribution is 0.217. The van der Waals surface area contributed by atoms with Crippen LogP contribution in [0.1, 0.15) is 12.8 Å². The first-order chi connectivity index (χ1) is 8.15. The van der Waals surface area contributed by atoms with Crippen LogP contribution in [0.15, 0.2) is 16.7 Å². The van der Waals surface area contributed by atoms with E-state index in [2.05, 4.69) is 38.2 Å². The molecule has 1 aromatic heterocycles. The number of rotatable bonds is 3.